The fraction of sp³-hybridized carbons (Fsp3) is 0. The van der Waals surface area contributed by atoms with E-state index in [-0.39, 0.29) is 21.8 Å². The van der Waals surface area contributed by atoms with E-state index in [1.165, 1.54) is 18.2 Å². The first-order valence-corrected chi connectivity index (χ1v) is 8.30. The summed E-state index contributed by atoms with van der Waals surface area (Å²) in [6.45, 7) is 0. The number of benzene rings is 2. The van der Waals surface area contributed by atoms with E-state index < -0.39 is 23.5 Å². The summed E-state index contributed by atoms with van der Waals surface area (Å²) in [6.07, 6.45) is 1.12. The van der Waals surface area contributed by atoms with Gasteiger partial charge in [-0.25, -0.2) is 4.79 Å². The van der Waals surface area contributed by atoms with Crippen LogP contribution in [0.3, 0.4) is 0 Å². The molecule has 0 aliphatic carbocycles. The highest BCUT2D eigenvalue weighted by atomic mass is 35.5. The number of hydrogen-bond acceptors (Lipinski definition) is 5. The summed E-state index contributed by atoms with van der Waals surface area (Å²) in [6, 6.07) is 10.2. The second-order valence-electron chi connectivity index (χ2n) is 5.48. The van der Waals surface area contributed by atoms with Crippen LogP contribution in [0.2, 0.25) is 5.02 Å². The van der Waals surface area contributed by atoms with E-state index in [9.17, 15) is 19.5 Å². The van der Waals surface area contributed by atoms with Crippen LogP contribution in [0.4, 0.5) is 5.69 Å². The molecule has 1 aliphatic heterocycles. The van der Waals surface area contributed by atoms with Crippen LogP contribution in [-0.2, 0) is 9.59 Å². The smallest absolute Gasteiger partial charge is 0.339 e. The Bertz CT molecular complexity index is 1020. The molecule has 0 aromatic heterocycles. The lowest BCUT2D eigenvalue weighted by molar-refractivity contribution is -0.122. The lowest BCUT2D eigenvalue weighted by atomic mass is 10.0. The Kier molecular flexibility index (Phi) is 4.93. The molecule has 1 heterocycles. The van der Waals surface area contributed by atoms with Crippen molar-refractivity contribution in [3.8, 4) is 5.75 Å². The number of aromatic hydroxyl groups is 1. The predicted molar refractivity (Wildman–Crippen MR) is 103 cm³/mol. The molecule has 136 valence electrons. The number of aromatic carboxylic acids is 1. The van der Waals surface area contributed by atoms with Crippen molar-refractivity contribution in [2.45, 2.75) is 0 Å². The van der Waals surface area contributed by atoms with Crippen molar-refractivity contribution in [2.75, 3.05) is 4.90 Å². The standard InChI is InChI=1S/C18H11ClN2O5S/c19-10-4-6-11(7-5-10)21-16(24)13(15(23)20-18(21)27)8-9-2-1-3-12(14(9)22)17(25)26/h1-8,22H,(H,25,26)(H,20,23,27)/b13-8-. The van der Waals surface area contributed by atoms with Gasteiger partial charge in [0.1, 0.15) is 16.9 Å². The van der Waals surface area contributed by atoms with Crippen molar-refractivity contribution in [1.29, 1.82) is 0 Å². The Balaban J connectivity index is 2.06. The van der Waals surface area contributed by atoms with E-state index in [2.05, 4.69) is 5.32 Å². The van der Waals surface area contributed by atoms with Gasteiger partial charge in [0.25, 0.3) is 11.8 Å². The number of para-hydroxylation sites is 1. The van der Waals surface area contributed by atoms with E-state index >= 15 is 0 Å². The monoisotopic (exact) mass is 402 g/mol. The molecule has 2 aromatic rings. The summed E-state index contributed by atoms with van der Waals surface area (Å²) in [7, 11) is 0. The summed E-state index contributed by atoms with van der Waals surface area (Å²) in [5.74, 6) is -3.36. The lowest BCUT2D eigenvalue weighted by Gasteiger charge is -2.29. The Morgan fingerprint density at radius 2 is 1.81 bits per heavy atom. The van der Waals surface area contributed by atoms with Crippen LogP contribution in [0.1, 0.15) is 15.9 Å². The maximum Gasteiger partial charge on any atom is 0.339 e. The number of halogens is 1. The molecule has 1 aliphatic rings. The van der Waals surface area contributed by atoms with Gasteiger partial charge in [0.05, 0.1) is 5.69 Å². The van der Waals surface area contributed by atoms with Crippen molar-refractivity contribution in [3.05, 3.63) is 64.2 Å². The van der Waals surface area contributed by atoms with E-state index in [0.29, 0.717) is 10.7 Å². The van der Waals surface area contributed by atoms with Crippen LogP contribution < -0.4 is 10.2 Å². The molecule has 1 fully saturated rings. The second-order valence-corrected chi connectivity index (χ2v) is 6.31. The van der Waals surface area contributed by atoms with Gasteiger partial charge in [-0.05, 0) is 48.6 Å². The Labute approximate surface area is 163 Å². The van der Waals surface area contributed by atoms with Crippen molar-refractivity contribution in [2.24, 2.45) is 0 Å². The van der Waals surface area contributed by atoms with E-state index in [1.54, 1.807) is 24.3 Å². The first kappa shape index (κ1) is 18.6. The van der Waals surface area contributed by atoms with Crippen LogP contribution >= 0.6 is 23.8 Å². The molecule has 3 N–H and O–H groups in total. The van der Waals surface area contributed by atoms with E-state index in [0.717, 1.165) is 11.0 Å². The van der Waals surface area contributed by atoms with Gasteiger partial charge in [-0.3, -0.25) is 19.8 Å². The van der Waals surface area contributed by atoms with Gasteiger partial charge < -0.3 is 10.2 Å². The number of carbonyl (C=O) groups is 3. The summed E-state index contributed by atoms with van der Waals surface area (Å²) < 4.78 is 0. The number of carboxylic acids is 1. The molecule has 1 saturated heterocycles. The molecular formula is C18H11ClN2O5S. The maximum absolute atomic E-state index is 12.8. The molecule has 9 heteroatoms. The maximum atomic E-state index is 12.8. The summed E-state index contributed by atoms with van der Waals surface area (Å²) in [4.78, 5) is 37.3. The SMILES string of the molecule is O=C1NC(=S)N(c2ccc(Cl)cc2)C(=O)/C1=C\c1cccc(C(=O)O)c1O. The van der Waals surface area contributed by atoms with Gasteiger partial charge in [0, 0.05) is 10.6 Å². The van der Waals surface area contributed by atoms with Gasteiger partial charge in [0.2, 0.25) is 0 Å². The van der Waals surface area contributed by atoms with Crippen LogP contribution in [-0.4, -0.2) is 33.1 Å². The van der Waals surface area contributed by atoms with Crippen LogP contribution in [0.5, 0.6) is 5.75 Å². The number of phenols is 1. The van der Waals surface area contributed by atoms with Gasteiger partial charge in [-0.15, -0.1) is 0 Å². The third-order valence-corrected chi connectivity index (χ3v) is 4.32. The van der Waals surface area contributed by atoms with Crippen LogP contribution in [0.25, 0.3) is 6.08 Å². The fourth-order valence-electron chi connectivity index (χ4n) is 2.49. The molecule has 0 atom stereocenters. The van der Waals surface area contributed by atoms with Crippen molar-refractivity contribution in [3.63, 3.8) is 0 Å². The number of carboxylic acid groups (broad SMARTS) is 1. The third-order valence-electron chi connectivity index (χ3n) is 3.78. The Hall–Kier alpha value is -3.23. The molecular weight excluding hydrogens is 392 g/mol. The minimum atomic E-state index is -1.34. The number of anilines is 1. The average molecular weight is 403 g/mol. The van der Waals surface area contributed by atoms with Crippen molar-refractivity contribution >= 4 is 58.5 Å². The zero-order chi connectivity index (χ0) is 19.7. The van der Waals surface area contributed by atoms with Crippen molar-refractivity contribution < 1.29 is 24.6 Å². The van der Waals surface area contributed by atoms with Crippen molar-refractivity contribution in [1.82, 2.24) is 5.32 Å². The zero-order valence-corrected chi connectivity index (χ0v) is 15.0. The molecule has 0 spiro atoms. The normalized spacial score (nSPS) is 15.8. The molecule has 2 amide bonds. The van der Waals surface area contributed by atoms with Gasteiger partial charge in [0.15, 0.2) is 5.11 Å². The first-order valence-electron chi connectivity index (χ1n) is 7.52. The number of thiocarbonyl (C=S) groups is 1. The number of nitrogens with one attached hydrogen (secondary N) is 1. The highest BCUT2D eigenvalue weighted by molar-refractivity contribution is 7.80. The van der Waals surface area contributed by atoms with Crippen LogP contribution in [0, 0.1) is 0 Å². The molecule has 0 unspecified atom stereocenters. The summed E-state index contributed by atoms with van der Waals surface area (Å²) in [5, 5.41) is 21.9. The summed E-state index contributed by atoms with van der Waals surface area (Å²) >= 11 is 10.9. The average Bonchev–Trinajstić information content (AvgIpc) is 2.61. The lowest BCUT2D eigenvalue weighted by Crippen LogP contribution is -2.54. The van der Waals surface area contributed by atoms with E-state index in [1.807, 2.05) is 0 Å². The van der Waals surface area contributed by atoms with Gasteiger partial charge in [-0.2, -0.15) is 0 Å². The largest absolute Gasteiger partial charge is 0.506 e. The second kappa shape index (κ2) is 7.18. The number of amides is 2. The molecule has 0 radical (unpaired) electrons. The van der Waals surface area contributed by atoms with E-state index in [4.69, 9.17) is 28.9 Å². The predicted octanol–water partition coefficient (Wildman–Crippen LogP) is 2.58. The number of hydrogen-bond donors (Lipinski definition) is 3. The van der Waals surface area contributed by atoms with Gasteiger partial charge >= 0.3 is 5.97 Å². The third kappa shape index (κ3) is 3.53. The van der Waals surface area contributed by atoms with Crippen LogP contribution in [0.15, 0.2) is 48.0 Å². The first-order chi connectivity index (χ1) is 12.8. The highest BCUT2D eigenvalue weighted by Gasteiger charge is 2.34. The topological polar surface area (TPSA) is 107 Å². The molecule has 7 nitrogen and oxygen atoms in total. The number of nitrogens with zero attached hydrogens (tertiary/aromatic N) is 1. The molecule has 27 heavy (non-hydrogen) atoms. The Morgan fingerprint density at radius 3 is 2.44 bits per heavy atom. The minimum absolute atomic E-state index is 0.0114. The molecule has 3 rings (SSSR count). The Morgan fingerprint density at radius 1 is 1.15 bits per heavy atom. The number of carbonyl (C=O) groups excluding carboxylic acids is 2. The van der Waals surface area contributed by atoms with Gasteiger partial charge in [-0.1, -0.05) is 23.7 Å². The fourth-order valence-corrected chi connectivity index (χ4v) is 2.90. The molecule has 0 bridgehead atoms. The molecule has 2 aromatic carbocycles. The molecule has 0 saturated carbocycles. The highest BCUT2D eigenvalue weighted by Crippen LogP contribution is 2.28. The number of rotatable bonds is 3. The summed E-state index contributed by atoms with van der Waals surface area (Å²) in [5.41, 5.74) is -0.254. The minimum Gasteiger partial charge on any atom is -0.506 e. The quantitative estimate of drug-likeness (QED) is 0.414. The zero-order valence-electron chi connectivity index (χ0n) is 13.5.